The van der Waals surface area contributed by atoms with Crippen LogP contribution in [0, 0.1) is 6.92 Å². The summed E-state index contributed by atoms with van der Waals surface area (Å²) in [5, 5.41) is 8.75. The Morgan fingerprint density at radius 3 is 2.81 bits per heavy atom. The molecular formula is C10H12O5S. The van der Waals surface area contributed by atoms with Gasteiger partial charge in [-0.2, -0.15) is 0 Å². The fourth-order valence-corrected chi connectivity index (χ4v) is 3.30. The van der Waals surface area contributed by atoms with E-state index in [9.17, 15) is 13.2 Å². The first-order valence-electron chi connectivity index (χ1n) is 4.91. The second kappa shape index (κ2) is 3.62. The molecule has 0 aliphatic carbocycles. The summed E-state index contributed by atoms with van der Waals surface area (Å²) in [6, 6.07) is 0. The predicted octanol–water partition coefficient (Wildman–Crippen LogP) is 0.686. The Morgan fingerprint density at radius 2 is 2.19 bits per heavy atom. The zero-order valence-electron chi connectivity index (χ0n) is 8.82. The molecule has 0 saturated heterocycles. The Bertz CT molecular complexity index is 538. The van der Waals surface area contributed by atoms with E-state index in [1.807, 2.05) is 0 Å². The number of rotatable bonds is 2. The van der Waals surface area contributed by atoms with E-state index in [0.717, 1.165) is 5.56 Å². The van der Waals surface area contributed by atoms with Crippen molar-refractivity contribution in [2.75, 3.05) is 5.75 Å². The molecule has 1 aromatic heterocycles. The average Bonchev–Trinajstić information content (AvgIpc) is 2.39. The van der Waals surface area contributed by atoms with Crippen molar-refractivity contribution in [2.45, 2.75) is 25.5 Å². The maximum absolute atomic E-state index is 11.4. The molecule has 0 atom stereocenters. The van der Waals surface area contributed by atoms with Crippen molar-refractivity contribution in [1.82, 2.24) is 0 Å². The monoisotopic (exact) mass is 244 g/mol. The van der Waals surface area contributed by atoms with Gasteiger partial charge in [0.25, 0.3) is 0 Å². The average molecular weight is 244 g/mol. The van der Waals surface area contributed by atoms with Crippen molar-refractivity contribution >= 4 is 15.8 Å². The molecule has 0 amide bonds. The number of aliphatic carboxylic acids is 1. The number of fused-ring (bicyclic) bond motifs is 1. The van der Waals surface area contributed by atoms with Crippen LogP contribution in [0.2, 0.25) is 0 Å². The first kappa shape index (κ1) is 11.2. The number of hydrogen-bond acceptors (Lipinski definition) is 4. The molecule has 88 valence electrons. The fraction of sp³-hybridized carbons (Fsp3) is 0.500. The zero-order valence-corrected chi connectivity index (χ0v) is 9.63. The SMILES string of the molecule is Cc1oc2c(c1CC(=O)O)CCS(=O)(=O)C2. The lowest BCUT2D eigenvalue weighted by Crippen LogP contribution is -2.18. The third-order valence-corrected chi connectivity index (χ3v) is 4.27. The highest BCUT2D eigenvalue weighted by Gasteiger charge is 2.28. The Morgan fingerprint density at radius 1 is 1.50 bits per heavy atom. The van der Waals surface area contributed by atoms with Crippen LogP contribution in [0.15, 0.2) is 4.42 Å². The van der Waals surface area contributed by atoms with Crippen LogP contribution in [0.1, 0.15) is 22.6 Å². The van der Waals surface area contributed by atoms with Gasteiger partial charge in [-0.3, -0.25) is 4.79 Å². The van der Waals surface area contributed by atoms with E-state index >= 15 is 0 Å². The maximum atomic E-state index is 11.4. The van der Waals surface area contributed by atoms with Crippen LogP contribution >= 0.6 is 0 Å². The molecule has 0 unspecified atom stereocenters. The third-order valence-electron chi connectivity index (χ3n) is 2.74. The molecule has 1 aromatic rings. The lowest BCUT2D eigenvalue weighted by molar-refractivity contribution is -0.136. The number of sulfone groups is 1. The van der Waals surface area contributed by atoms with E-state index < -0.39 is 15.8 Å². The molecule has 1 N–H and O–H groups in total. The fourth-order valence-electron chi connectivity index (χ4n) is 2.01. The maximum Gasteiger partial charge on any atom is 0.307 e. The van der Waals surface area contributed by atoms with E-state index in [-0.39, 0.29) is 17.9 Å². The number of carbonyl (C=O) groups is 1. The second-order valence-corrected chi connectivity index (χ2v) is 6.14. The molecule has 2 rings (SSSR count). The molecule has 1 aliphatic rings. The molecule has 0 spiro atoms. The molecule has 6 heteroatoms. The quantitative estimate of drug-likeness (QED) is 0.827. The van der Waals surface area contributed by atoms with E-state index in [1.54, 1.807) is 6.92 Å². The molecule has 0 bridgehead atoms. The molecule has 1 aliphatic heterocycles. The Balaban J connectivity index is 2.44. The van der Waals surface area contributed by atoms with Gasteiger partial charge in [-0.25, -0.2) is 8.42 Å². The summed E-state index contributed by atoms with van der Waals surface area (Å²) < 4.78 is 28.1. The van der Waals surface area contributed by atoms with Crippen molar-refractivity contribution in [3.63, 3.8) is 0 Å². The van der Waals surface area contributed by atoms with Crippen LogP contribution in [-0.2, 0) is 33.2 Å². The highest BCUT2D eigenvalue weighted by atomic mass is 32.2. The zero-order chi connectivity index (χ0) is 11.9. The molecule has 0 saturated carbocycles. The summed E-state index contributed by atoms with van der Waals surface area (Å²) in [6.07, 6.45) is 0.252. The molecule has 0 radical (unpaired) electrons. The third kappa shape index (κ3) is 1.97. The van der Waals surface area contributed by atoms with Crippen molar-refractivity contribution in [3.05, 3.63) is 22.6 Å². The van der Waals surface area contributed by atoms with Gasteiger partial charge in [0, 0.05) is 5.56 Å². The molecular weight excluding hydrogens is 232 g/mol. The minimum Gasteiger partial charge on any atom is -0.481 e. The minimum absolute atomic E-state index is 0.0750. The van der Waals surface area contributed by atoms with E-state index in [2.05, 4.69) is 0 Å². The molecule has 0 aromatic carbocycles. The number of hydrogen-bond donors (Lipinski definition) is 1. The van der Waals surface area contributed by atoms with Crippen LogP contribution < -0.4 is 0 Å². The normalized spacial score (nSPS) is 18.1. The van der Waals surface area contributed by atoms with E-state index in [0.29, 0.717) is 23.5 Å². The van der Waals surface area contributed by atoms with Crippen molar-refractivity contribution in [2.24, 2.45) is 0 Å². The summed E-state index contributed by atoms with van der Waals surface area (Å²) in [6.45, 7) is 1.67. The Labute approximate surface area is 93.0 Å². The van der Waals surface area contributed by atoms with Gasteiger partial charge in [0.1, 0.15) is 17.3 Å². The second-order valence-electron chi connectivity index (χ2n) is 3.95. The van der Waals surface area contributed by atoms with Gasteiger partial charge < -0.3 is 9.52 Å². The van der Waals surface area contributed by atoms with Gasteiger partial charge in [-0.05, 0) is 18.9 Å². The summed E-state index contributed by atoms with van der Waals surface area (Å²) in [5.74, 6) is -0.0291. The Hall–Kier alpha value is -1.30. The number of carboxylic acid groups (broad SMARTS) is 1. The lowest BCUT2D eigenvalue weighted by atomic mass is 10.0. The van der Waals surface area contributed by atoms with Gasteiger partial charge in [0.05, 0.1) is 12.2 Å². The van der Waals surface area contributed by atoms with Crippen molar-refractivity contribution in [1.29, 1.82) is 0 Å². The van der Waals surface area contributed by atoms with E-state index in [1.165, 1.54) is 0 Å². The van der Waals surface area contributed by atoms with Gasteiger partial charge in [0.15, 0.2) is 9.84 Å². The van der Waals surface area contributed by atoms with Crippen LogP contribution in [0.3, 0.4) is 0 Å². The van der Waals surface area contributed by atoms with Crippen LogP contribution in [-0.4, -0.2) is 25.2 Å². The lowest BCUT2D eigenvalue weighted by Gasteiger charge is -2.11. The summed E-state index contributed by atoms with van der Waals surface area (Å²) >= 11 is 0. The predicted molar refractivity (Wildman–Crippen MR) is 56.0 cm³/mol. The molecule has 0 fully saturated rings. The summed E-state index contributed by atoms with van der Waals surface area (Å²) in [4.78, 5) is 10.7. The first-order chi connectivity index (χ1) is 7.39. The van der Waals surface area contributed by atoms with Gasteiger partial charge in [-0.15, -0.1) is 0 Å². The molecule has 2 heterocycles. The molecule has 5 nitrogen and oxygen atoms in total. The number of furan rings is 1. The molecule has 16 heavy (non-hydrogen) atoms. The van der Waals surface area contributed by atoms with Gasteiger partial charge in [-0.1, -0.05) is 0 Å². The Kier molecular flexibility index (Phi) is 2.53. The standard InChI is InChI=1S/C10H12O5S/c1-6-8(4-10(11)12)7-2-3-16(13,14)5-9(7)15-6/h2-5H2,1H3,(H,11,12). The van der Waals surface area contributed by atoms with Crippen molar-refractivity contribution < 1.29 is 22.7 Å². The first-order valence-corrected chi connectivity index (χ1v) is 6.73. The summed E-state index contributed by atoms with van der Waals surface area (Å²) in [5.41, 5.74) is 1.41. The van der Waals surface area contributed by atoms with Gasteiger partial charge >= 0.3 is 5.97 Å². The van der Waals surface area contributed by atoms with Crippen LogP contribution in [0.4, 0.5) is 0 Å². The van der Waals surface area contributed by atoms with Crippen LogP contribution in [0.5, 0.6) is 0 Å². The van der Waals surface area contributed by atoms with Crippen LogP contribution in [0.25, 0.3) is 0 Å². The van der Waals surface area contributed by atoms with E-state index in [4.69, 9.17) is 9.52 Å². The number of aryl methyl sites for hydroxylation is 1. The highest BCUT2D eigenvalue weighted by molar-refractivity contribution is 7.90. The number of carboxylic acids is 1. The van der Waals surface area contributed by atoms with Gasteiger partial charge in [0.2, 0.25) is 0 Å². The van der Waals surface area contributed by atoms with Crippen molar-refractivity contribution in [3.8, 4) is 0 Å². The highest BCUT2D eigenvalue weighted by Crippen LogP contribution is 2.29. The topological polar surface area (TPSA) is 84.6 Å². The minimum atomic E-state index is -3.07. The largest absolute Gasteiger partial charge is 0.481 e. The smallest absolute Gasteiger partial charge is 0.307 e. The summed E-state index contributed by atoms with van der Waals surface area (Å²) in [7, 11) is -3.07.